The fourth-order valence-corrected chi connectivity index (χ4v) is 2.17. The maximum Gasteiger partial charge on any atom is 0.0673 e. The van der Waals surface area contributed by atoms with Crippen LogP contribution in [-0.2, 0) is 4.74 Å². The molecule has 0 saturated carbocycles. The van der Waals surface area contributed by atoms with Gasteiger partial charge in [0.15, 0.2) is 0 Å². The second-order valence-electron chi connectivity index (χ2n) is 5.62. The topological polar surface area (TPSA) is 32.7 Å². The molecule has 1 rings (SSSR count). The van der Waals surface area contributed by atoms with E-state index in [1.54, 1.807) is 7.11 Å². The standard InChI is InChI=1S/C13H27NO2/c1-5-14-10-8-13(15,9-11-14)7-6-12(2,3)16-4/h15H,5-11H2,1-4H3. The number of ether oxygens (including phenoxy) is 1. The highest BCUT2D eigenvalue weighted by Gasteiger charge is 2.33. The summed E-state index contributed by atoms with van der Waals surface area (Å²) in [6, 6.07) is 0. The molecule has 0 spiro atoms. The molecule has 1 saturated heterocycles. The number of methoxy groups -OCH3 is 1. The maximum atomic E-state index is 10.5. The molecule has 3 heteroatoms. The van der Waals surface area contributed by atoms with Gasteiger partial charge in [0, 0.05) is 20.2 Å². The second kappa shape index (κ2) is 5.48. The van der Waals surface area contributed by atoms with Gasteiger partial charge in [-0.05, 0) is 46.1 Å². The van der Waals surface area contributed by atoms with Crippen LogP contribution in [0.3, 0.4) is 0 Å². The van der Waals surface area contributed by atoms with Crippen LogP contribution in [0.5, 0.6) is 0 Å². The predicted molar refractivity (Wildman–Crippen MR) is 66.6 cm³/mol. The molecular weight excluding hydrogens is 202 g/mol. The molecule has 0 aromatic heterocycles. The van der Waals surface area contributed by atoms with Crippen molar-refractivity contribution >= 4 is 0 Å². The smallest absolute Gasteiger partial charge is 0.0673 e. The van der Waals surface area contributed by atoms with Gasteiger partial charge in [0.2, 0.25) is 0 Å². The van der Waals surface area contributed by atoms with Crippen LogP contribution >= 0.6 is 0 Å². The predicted octanol–water partition coefficient (Wildman–Crippen LogP) is 2.04. The molecule has 0 amide bonds. The minimum atomic E-state index is -0.457. The fourth-order valence-electron chi connectivity index (χ4n) is 2.17. The van der Waals surface area contributed by atoms with E-state index in [0.29, 0.717) is 0 Å². The lowest BCUT2D eigenvalue weighted by molar-refractivity contribution is -0.0546. The monoisotopic (exact) mass is 229 g/mol. The Kier molecular flexibility index (Phi) is 4.77. The van der Waals surface area contributed by atoms with E-state index in [2.05, 4.69) is 25.7 Å². The first-order valence-corrected chi connectivity index (χ1v) is 6.41. The second-order valence-corrected chi connectivity index (χ2v) is 5.62. The summed E-state index contributed by atoms with van der Waals surface area (Å²) < 4.78 is 5.39. The molecule has 0 radical (unpaired) electrons. The Balaban J connectivity index is 2.37. The molecule has 0 aromatic rings. The summed E-state index contributed by atoms with van der Waals surface area (Å²) in [7, 11) is 1.74. The highest BCUT2D eigenvalue weighted by molar-refractivity contribution is 4.87. The van der Waals surface area contributed by atoms with Gasteiger partial charge in [-0.1, -0.05) is 6.92 Å². The molecule has 1 aliphatic rings. The Bertz CT molecular complexity index is 208. The quantitative estimate of drug-likeness (QED) is 0.783. The van der Waals surface area contributed by atoms with Crippen LogP contribution in [0.25, 0.3) is 0 Å². The Morgan fingerprint density at radius 1 is 1.31 bits per heavy atom. The molecule has 1 N–H and O–H groups in total. The number of hydrogen-bond donors (Lipinski definition) is 1. The number of piperidine rings is 1. The third-order valence-electron chi connectivity index (χ3n) is 3.98. The minimum absolute atomic E-state index is 0.113. The van der Waals surface area contributed by atoms with Gasteiger partial charge in [-0.25, -0.2) is 0 Å². The van der Waals surface area contributed by atoms with E-state index in [1.165, 1.54) is 0 Å². The molecular formula is C13H27NO2. The summed E-state index contributed by atoms with van der Waals surface area (Å²) >= 11 is 0. The SMILES string of the molecule is CCN1CCC(O)(CCC(C)(C)OC)CC1. The van der Waals surface area contributed by atoms with Crippen molar-refractivity contribution < 1.29 is 9.84 Å². The highest BCUT2D eigenvalue weighted by Crippen LogP contribution is 2.30. The number of likely N-dealkylation sites (tertiary alicyclic amines) is 1. The first kappa shape index (κ1) is 13.9. The third-order valence-corrected chi connectivity index (χ3v) is 3.98. The van der Waals surface area contributed by atoms with Gasteiger partial charge in [0.1, 0.15) is 0 Å². The van der Waals surface area contributed by atoms with Gasteiger partial charge in [0.05, 0.1) is 11.2 Å². The van der Waals surface area contributed by atoms with Crippen molar-refractivity contribution in [3.05, 3.63) is 0 Å². The first-order valence-electron chi connectivity index (χ1n) is 6.41. The van der Waals surface area contributed by atoms with Gasteiger partial charge >= 0.3 is 0 Å². The zero-order chi connectivity index (χ0) is 12.2. The van der Waals surface area contributed by atoms with E-state index in [0.717, 1.165) is 45.3 Å². The van der Waals surface area contributed by atoms with E-state index in [-0.39, 0.29) is 5.60 Å². The molecule has 16 heavy (non-hydrogen) atoms. The normalized spacial score (nSPS) is 22.3. The summed E-state index contributed by atoms with van der Waals surface area (Å²) in [5.74, 6) is 0. The van der Waals surface area contributed by atoms with Crippen molar-refractivity contribution in [3.8, 4) is 0 Å². The van der Waals surface area contributed by atoms with Crippen LogP contribution in [0, 0.1) is 0 Å². The molecule has 1 aliphatic heterocycles. The Labute approximate surface area is 99.8 Å². The van der Waals surface area contributed by atoms with Crippen LogP contribution in [0.1, 0.15) is 46.5 Å². The zero-order valence-electron chi connectivity index (χ0n) is 11.3. The lowest BCUT2D eigenvalue weighted by Gasteiger charge is -2.39. The molecule has 0 aliphatic carbocycles. The lowest BCUT2D eigenvalue weighted by Crippen LogP contribution is -2.45. The van der Waals surface area contributed by atoms with Crippen LogP contribution in [0.15, 0.2) is 0 Å². The van der Waals surface area contributed by atoms with Gasteiger partial charge in [-0.3, -0.25) is 0 Å². The number of nitrogens with zero attached hydrogens (tertiary/aromatic N) is 1. The van der Waals surface area contributed by atoms with Crippen molar-refractivity contribution in [2.45, 2.75) is 57.7 Å². The first-order chi connectivity index (χ1) is 7.41. The van der Waals surface area contributed by atoms with Gasteiger partial charge in [-0.2, -0.15) is 0 Å². The van der Waals surface area contributed by atoms with Crippen molar-refractivity contribution in [2.75, 3.05) is 26.7 Å². The number of rotatable bonds is 5. The van der Waals surface area contributed by atoms with Crippen LogP contribution < -0.4 is 0 Å². The van der Waals surface area contributed by atoms with Crippen LogP contribution in [0.2, 0.25) is 0 Å². The van der Waals surface area contributed by atoms with E-state index >= 15 is 0 Å². The van der Waals surface area contributed by atoms with Gasteiger partial charge < -0.3 is 14.7 Å². The van der Waals surface area contributed by atoms with Crippen molar-refractivity contribution in [3.63, 3.8) is 0 Å². The molecule has 1 fully saturated rings. The van der Waals surface area contributed by atoms with E-state index in [1.807, 2.05) is 0 Å². The maximum absolute atomic E-state index is 10.5. The molecule has 0 atom stereocenters. The molecule has 3 nitrogen and oxygen atoms in total. The Morgan fingerprint density at radius 3 is 2.31 bits per heavy atom. The van der Waals surface area contributed by atoms with Gasteiger partial charge in [-0.15, -0.1) is 0 Å². The summed E-state index contributed by atoms with van der Waals surface area (Å²) in [6.07, 6.45) is 3.58. The fraction of sp³-hybridized carbons (Fsp3) is 1.00. The van der Waals surface area contributed by atoms with Crippen LogP contribution in [-0.4, -0.2) is 48.0 Å². The van der Waals surface area contributed by atoms with Gasteiger partial charge in [0.25, 0.3) is 0 Å². The Morgan fingerprint density at radius 2 is 1.88 bits per heavy atom. The largest absolute Gasteiger partial charge is 0.390 e. The average molecular weight is 229 g/mol. The molecule has 1 heterocycles. The summed E-state index contributed by atoms with van der Waals surface area (Å²) in [6.45, 7) is 9.49. The molecule has 0 aromatic carbocycles. The lowest BCUT2D eigenvalue weighted by atomic mass is 9.84. The molecule has 0 bridgehead atoms. The van der Waals surface area contributed by atoms with E-state index in [9.17, 15) is 5.11 Å². The third kappa shape index (κ3) is 4.04. The summed E-state index contributed by atoms with van der Waals surface area (Å²) in [5, 5.41) is 10.5. The zero-order valence-corrected chi connectivity index (χ0v) is 11.3. The highest BCUT2D eigenvalue weighted by atomic mass is 16.5. The van der Waals surface area contributed by atoms with E-state index < -0.39 is 5.60 Å². The minimum Gasteiger partial charge on any atom is -0.390 e. The summed E-state index contributed by atoms with van der Waals surface area (Å²) in [4.78, 5) is 2.40. The number of aliphatic hydroxyl groups is 1. The molecule has 0 unspecified atom stereocenters. The van der Waals surface area contributed by atoms with Crippen molar-refractivity contribution in [1.29, 1.82) is 0 Å². The van der Waals surface area contributed by atoms with E-state index in [4.69, 9.17) is 4.74 Å². The molecule has 96 valence electrons. The average Bonchev–Trinajstić information content (AvgIpc) is 2.28. The van der Waals surface area contributed by atoms with Crippen molar-refractivity contribution in [1.82, 2.24) is 4.90 Å². The number of hydrogen-bond acceptors (Lipinski definition) is 3. The van der Waals surface area contributed by atoms with Crippen molar-refractivity contribution in [2.24, 2.45) is 0 Å². The van der Waals surface area contributed by atoms with Crippen LogP contribution in [0.4, 0.5) is 0 Å². The Hall–Kier alpha value is -0.120. The summed E-state index contributed by atoms with van der Waals surface area (Å²) in [5.41, 5.74) is -0.570.